The molecule has 0 fully saturated rings. The summed E-state index contributed by atoms with van der Waals surface area (Å²) in [7, 11) is 4.02. The summed E-state index contributed by atoms with van der Waals surface area (Å²) in [6.07, 6.45) is 0.831. The van der Waals surface area contributed by atoms with Crippen molar-refractivity contribution < 1.29 is 23.4 Å². The number of thioether (sulfide) groups is 1. The third-order valence-corrected chi connectivity index (χ3v) is 4.40. The van der Waals surface area contributed by atoms with Crippen LogP contribution in [-0.2, 0) is 4.74 Å². The number of methoxy groups -OCH3 is 3. The van der Waals surface area contributed by atoms with Crippen LogP contribution in [0.15, 0.2) is 46.4 Å². The summed E-state index contributed by atoms with van der Waals surface area (Å²) < 4.78 is 29.9. The number of benzene rings is 2. The van der Waals surface area contributed by atoms with E-state index in [1.54, 1.807) is 30.5 Å². The minimum Gasteiger partial charge on any atom is -0.493 e. The fraction of sp³-hybridized carbons (Fsp3) is 0.200. The van der Waals surface area contributed by atoms with E-state index in [0.717, 1.165) is 11.8 Å². The standard InChI is InChI=1S/C20H18FN3O4S/c1-26-16-9-14(15(21)10-17(16)27-2)18(19(29-4)24-20(25)28-3)23-13-7-5-12(11-22)6-8-13/h5-10H,1-4H3. The molecule has 0 aliphatic heterocycles. The van der Waals surface area contributed by atoms with E-state index < -0.39 is 11.9 Å². The van der Waals surface area contributed by atoms with Crippen molar-refractivity contribution in [3.8, 4) is 17.6 Å². The van der Waals surface area contributed by atoms with E-state index in [9.17, 15) is 9.18 Å². The van der Waals surface area contributed by atoms with Gasteiger partial charge in [0.15, 0.2) is 11.5 Å². The van der Waals surface area contributed by atoms with Crippen LogP contribution in [-0.4, -0.2) is 44.4 Å². The maximum atomic E-state index is 14.9. The number of hydrogen-bond acceptors (Lipinski definition) is 7. The number of aliphatic imine (C=N–C) groups is 2. The lowest BCUT2D eigenvalue weighted by molar-refractivity contribution is 0.183. The molecule has 7 nitrogen and oxygen atoms in total. The number of nitrogens with zero attached hydrogens (tertiary/aromatic N) is 3. The number of rotatable bonds is 5. The van der Waals surface area contributed by atoms with Crippen molar-refractivity contribution in [1.82, 2.24) is 0 Å². The Morgan fingerprint density at radius 1 is 1.10 bits per heavy atom. The average molecular weight is 415 g/mol. The van der Waals surface area contributed by atoms with Crippen molar-refractivity contribution in [2.24, 2.45) is 9.98 Å². The second-order valence-corrected chi connectivity index (χ2v) is 6.19. The molecule has 2 aromatic rings. The van der Waals surface area contributed by atoms with Crippen molar-refractivity contribution in [3.63, 3.8) is 0 Å². The number of hydrogen-bond donors (Lipinski definition) is 0. The predicted octanol–water partition coefficient (Wildman–Crippen LogP) is 4.36. The zero-order valence-electron chi connectivity index (χ0n) is 16.2. The average Bonchev–Trinajstić information content (AvgIpc) is 2.76. The zero-order valence-corrected chi connectivity index (χ0v) is 17.0. The molecule has 0 bridgehead atoms. The highest BCUT2D eigenvalue weighted by Gasteiger charge is 2.21. The quantitative estimate of drug-likeness (QED) is 0.532. The SMILES string of the molecule is COC(=O)N=C(SC)C(=Nc1ccc(C#N)cc1)c1cc(OC)c(OC)cc1F. The molecule has 0 spiro atoms. The first-order valence-corrected chi connectivity index (χ1v) is 9.41. The van der Waals surface area contributed by atoms with E-state index in [1.807, 2.05) is 6.07 Å². The second-order valence-electron chi connectivity index (χ2n) is 5.40. The summed E-state index contributed by atoms with van der Waals surface area (Å²) in [6.45, 7) is 0. The van der Waals surface area contributed by atoms with Crippen LogP contribution >= 0.6 is 11.8 Å². The molecule has 0 saturated heterocycles. The fourth-order valence-corrected chi connectivity index (χ4v) is 2.84. The second kappa shape index (κ2) is 10.2. The maximum absolute atomic E-state index is 14.9. The first-order valence-electron chi connectivity index (χ1n) is 8.19. The van der Waals surface area contributed by atoms with E-state index in [-0.39, 0.29) is 27.8 Å². The Labute approximate surface area is 171 Å². The van der Waals surface area contributed by atoms with Gasteiger partial charge in [-0.1, -0.05) is 0 Å². The molecular weight excluding hydrogens is 397 g/mol. The van der Waals surface area contributed by atoms with Gasteiger partial charge in [-0.3, -0.25) is 0 Å². The highest BCUT2D eigenvalue weighted by molar-refractivity contribution is 8.15. The highest BCUT2D eigenvalue weighted by atomic mass is 32.2. The summed E-state index contributed by atoms with van der Waals surface area (Å²) in [6, 6.07) is 11.0. The Balaban J connectivity index is 2.73. The van der Waals surface area contributed by atoms with Crippen molar-refractivity contribution in [3.05, 3.63) is 53.3 Å². The van der Waals surface area contributed by atoms with Crippen LogP contribution in [0.25, 0.3) is 0 Å². The third kappa shape index (κ3) is 5.33. The molecule has 2 aromatic carbocycles. The van der Waals surface area contributed by atoms with Gasteiger partial charge in [0.25, 0.3) is 0 Å². The molecule has 29 heavy (non-hydrogen) atoms. The van der Waals surface area contributed by atoms with Crippen LogP contribution in [0.2, 0.25) is 0 Å². The van der Waals surface area contributed by atoms with Crippen LogP contribution < -0.4 is 9.47 Å². The van der Waals surface area contributed by atoms with Gasteiger partial charge < -0.3 is 14.2 Å². The van der Waals surface area contributed by atoms with Gasteiger partial charge in [0.05, 0.1) is 38.6 Å². The van der Waals surface area contributed by atoms with Gasteiger partial charge in [0.1, 0.15) is 16.6 Å². The fourth-order valence-electron chi connectivity index (χ4n) is 2.32. The minimum absolute atomic E-state index is 0.0593. The highest BCUT2D eigenvalue weighted by Crippen LogP contribution is 2.31. The lowest BCUT2D eigenvalue weighted by Gasteiger charge is -2.13. The molecule has 9 heteroatoms. The molecule has 2 rings (SSSR count). The van der Waals surface area contributed by atoms with Crippen LogP contribution in [0.4, 0.5) is 14.9 Å². The number of nitriles is 1. The number of carbonyl (C=O) groups is 1. The van der Waals surface area contributed by atoms with Gasteiger partial charge in [0.2, 0.25) is 0 Å². The van der Waals surface area contributed by atoms with Crippen LogP contribution in [0, 0.1) is 17.1 Å². The molecule has 150 valence electrons. The summed E-state index contributed by atoms with van der Waals surface area (Å²) in [5.74, 6) is -0.140. The maximum Gasteiger partial charge on any atom is 0.434 e. The van der Waals surface area contributed by atoms with Crippen LogP contribution in [0.5, 0.6) is 11.5 Å². The minimum atomic E-state index is -0.845. The molecule has 0 aliphatic rings. The molecule has 0 N–H and O–H groups in total. The van der Waals surface area contributed by atoms with Crippen molar-refractivity contribution >= 4 is 34.3 Å². The Morgan fingerprint density at radius 3 is 2.24 bits per heavy atom. The van der Waals surface area contributed by atoms with E-state index in [2.05, 4.69) is 14.7 Å². The smallest absolute Gasteiger partial charge is 0.434 e. The molecule has 0 saturated carbocycles. The Hall–Kier alpha value is -3.38. The van der Waals surface area contributed by atoms with Crippen molar-refractivity contribution in [2.75, 3.05) is 27.6 Å². The third-order valence-electron chi connectivity index (χ3n) is 3.73. The number of halogens is 1. The molecule has 0 radical (unpaired) electrons. The normalized spacial score (nSPS) is 11.6. The summed E-state index contributed by atoms with van der Waals surface area (Å²) in [5, 5.41) is 9.10. The van der Waals surface area contributed by atoms with Gasteiger partial charge in [-0.2, -0.15) is 10.3 Å². The van der Waals surface area contributed by atoms with Gasteiger partial charge in [-0.25, -0.2) is 14.2 Å². The van der Waals surface area contributed by atoms with E-state index in [0.29, 0.717) is 11.3 Å². The van der Waals surface area contributed by atoms with Crippen LogP contribution in [0.1, 0.15) is 11.1 Å². The Kier molecular flexibility index (Phi) is 7.74. The topological polar surface area (TPSA) is 93.3 Å². The van der Waals surface area contributed by atoms with Crippen molar-refractivity contribution in [1.29, 1.82) is 5.26 Å². The van der Waals surface area contributed by atoms with Gasteiger partial charge in [-0.05, 0) is 36.6 Å². The van der Waals surface area contributed by atoms with Gasteiger partial charge in [-0.15, -0.1) is 11.8 Å². The predicted molar refractivity (Wildman–Crippen MR) is 110 cm³/mol. The Morgan fingerprint density at radius 2 is 1.72 bits per heavy atom. The van der Waals surface area contributed by atoms with E-state index in [4.69, 9.17) is 14.7 Å². The van der Waals surface area contributed by atoms with Crippen LogP contribution in [0.3, 0.4) is 0 Å². The van der Waals surface area contributed by atoms with Gasteiger partial charge >= 0.3 is 6.09 Å². The molecule has 1 amide bonds. The number of carbonyl (C=O) groups excluding carboxylic acids is 1. The first kappa shape index (κ1) is 21.9. The summed E-state index contributed by atoms with van der Waals surface area (Å²) in [4.78, 5) is 20.0. The molecule has 0 heterocycles. The Bertz CT molecular complexity index is 998. The number of amides is 1. The number of ether oxygens (including phenoxy) is 3. The zero-order chi connectivity index (χ0) is 21.4. The van der Waals surface area contributed by atoms with Gasteiger partial charge in [0, 0.05) is 11.6 Å². The van der Waals surface area contributed by atoms with E-state index in [1.165, 1.54) is 33.5 Å². The molecular formula is C20H18FN3O4S. The summed E-state index contributed by atoms with van der Waals surface area (Å²) >= 11 is 1.10. The largest absolute Gasteiger partial charge is 0.493 e. The molecule has 0 unspecified atom stereocenters. The van der Waals surface area contributed by atoms with Crippen molar-refractivity contribution in [2.45, 2.75) is 0 Å². The molecule has 0 atom stereocenters. The lowest BCUT2D eigenvalue weighted by atomic mass is 10.1. The lowest BCUT2D eigenvalue weighted by Crippen LogP contribution is -2.16. The monoisotopic (exact) mass is 415 g/mol. The summed E-state index contributed by atoms with van der Waals surface area (Å²) in [5.41, 5.74) is 1.06. The first-order chi connectivity index (χ1) is 14.0. The molecule has 0 aliphatic carbocycles. The van der Waals surface area contributed by atoms with E-state index >= 15 is 0 Å². The molecule has 0 aromatic heterocycles.